The first kappa shape index (κ1) is 9.59. The van der Waals surface area contributed by atoms with Gasteiger partial charge in [-0.15, -0.1) is 0 Å². The number of hydrogen-bond acceptors (Lipinski definition) is 6. The average Bonchev–Trinajstić information content (AvgIpc) is 2.03. The zero-order valence-electron chi connectivity index (χ0n) is 6.67. The number of carbonyl (C=O) groups is 1. The Morgan fingerprint density at radius 3 is 2.62 bits per heavy atom. The van der Waals surface area contributed by atoms with Gasteiger partial charge < -0.3 is 4.18 Å². The molecule has 0 amide bonds. The highest BCUT2D eigenvalue weighted by Gasteiger charge is 2.14. The van der Waals surface area contributed by atoms with Crippen molar-refractivity contribution in [2.75, 3.05) is 6.26 Å². The van der Waals surface area contributed by atoms with Gasteiger partial charge in [0.1, 0.15) is 0 Å². The molecule has 0 radical (unpaired) electrons. The summed E-state index contributed by atoms with van der Waals surface area (Å²) < 4.78 is 25.1. The number of aromatic nitrogens is 2. The molecule has 0 saturated carbocycles. The van der Waals surface area contributed by atoms with Crippen LogP contribution in [0.3, 0.4) is 0 Å². The number of carbonyl (C=O) groups excluding carboxylic acids is 1. The predicted molar refractivity (Wildman–Crippen MR) is 42.3 cm³/mol. The van der Waals surface area contributed by atoms with E-state index in [0.717, 1.165) is 12.5 Å². The lowest BCUT2D eigenvalue weighted by Gasteiger charge is -1.98. The molecule has 6 nitrogen and oxygen atoms in total. The van der Waals surface area contributed by atoms with Gasteiger partial charge in [0.25, 0.3) is 0 Å². The lowest BCUT2D eigenvalue weighted by molar-refractivity contribution is 0.0742. The number of rotatable bonds is 2. The standard InChI is InChI=1S/C6H6N2O4S/c1-13(10,11)12-6(9)5-4-7-2-3-8-5/h2-4H,1H3. The van der Waals surface area contributed by atoms with Crippen molar-refractivity contribution in [3.05, 3.63) is 24.3 Å². The first-order valence-corrected chi connectivity index (χ1v) is 5.00. The van der Waals surface area contributed by atoms with Crippen molar-refractivity contribution in [2.45, 2.75) is 0 Å². The molecule has 1 rings (SSSR count). The largest absolute Gasteiger partial charge is 0.374 e. The molecule has 70 valence electrons. The average molecular weight is 202 g/mol. The maximum Gasteiger partial charge on any atom is 0.374 e. The van der Waals surface area contributed by atoms with Gasteiger partial charge in [-0.1, -0.05) is 0 Å². The summed E-state index contributed by atoms with van der Waals surface area (Å²) in [5, 5.41) is 0. The van der Waals surface area contributed by atoms with Crippen LogP contribution in [-0.4, -0.2) is 30.6 Å². The second-order valence-electron chi connectivity index (χ2n) is 2.17. The van der Waals surface area contributed by atoms with Crippen molar-refractivity contribution in [3.8, 4) is 0 Å². The third kappa shape index (κ3) is 3.16. The van der Waals surface area contributed by atoms with Crippen molar-refractivity contribution >= 4 is 16.1 Å². The SMILES string of the molecule is CS(=O)(=O)OC(=O)c1cnccn1. The Labute approximate surface area is 74.7 Å². The lowest BCUT2D eigenvalue weighted by Crippen LogP contribution is -2.12. The monoisotopic (exact) mass is 202 g/mol. The summed E-state index contributed by atoms with van der Waals surface area (Å²) in [5.74, 6) is -1.03. The second-order valence-corrected chi connectivity index (χ2v) is 3.74. The van der Waals surface area contributed by atoms with Gasteiger partial charge >= 0.3 is 16.1 Å². The maximum absolute atomic E-state index is 11.0. The van der Waals surface area contributed by atoms with Crippen LogP contribution in [0.5, 0.6) is 0 Å². The molecule has 7 heteroatoms. The van der Waals surface area contributed by atoms with Gasteiger partial charge in [0.05, 0.1) is 12.5 Å². The molecule has 0 fully saturated rings. The molecule has 13 heavy (non-hydrogen) atoms. The molecule has 0 saturated heterocycles. The normalized spacial score (nSPS) is 10.8. The summed E-state index contributed by atoms with van der Waals surface area (Å²) in [5.41, 5.74) is -0.145. The van der Waals surface area contributed by atoms with Gasteiger partial charge in [0.15, 0.2) is 5.69 Å². The molecule has 0 N–H and O–H groups in total. The Morgan fingerprint density at radius 2 is 2.15 bits per heavy atom. The lowest BCUT2D eigenvalue weighted by atomic mass is 10.5. The summed E-state index contributed by atoms with van der Waals surface area (Å²) in [7, 11) is -3.79. The Kier molecular flexibility index (Phi) is 2.57. The maximum atomic E-state index is 11.0. The van der Waals surface area contributed by atoms with E-state index < -0.39 is 16.1 Å². The van der Waals surface area contributed by atoms with Crippen LogP contribution in [-0.2, 0) is 14.3 Å². The Hall–Kier alpha value is -1.50. The Morgan fingerprint density at radius 1 is 1.46 bits per heavy atom. The third-order valence-electron chi connectivity index (χ3n) is 0.999. The number of nitrogens with zero attached hydrogens (tertiary/aromatic N) is 2. The molecule has 0 unspecified atom stereocenters. The van der Waals surface area contributed by atoms with Gasteiger partial charge in [-0.3, -0.25) is 4.98 Å². The predicted octanol–water partition coefficient (Wildman–Crippen LogP) is -0.407. The van der Waals surface area contributed by atoms with Crippen LogP contribution in [0, 0.1) is 0 Å². The fourth-order valence-electron chi connectivity index (χ4n) is 0.585. The van der Waals surface area contributed by atoms with Crippen LogP contribution in [0.2, 0.25) is 0 Å². The van der Waals surface area contributed by atoms with E-state index in [1.807, 2.05) is 0 Å². The smallest absolute Gasteiger partial charge is 0.340 e. The van der Waals surface area contributed by atoms with Crippen LogP contribution in [0.4, 0.5) is 0 Å². The molecular formula is C6H6N2O4S. The summed E-state index contributed by atoms with van der Waals surface area (Å²) in [6, 6.07) is 0. The summed E-state index contributed by atoms with van der Waals surface area (Å²) >= 11 is 0. The van der Waals surface area contributed by atoms with Crippen LogP contribution >= 0.6 is 0 Å². The van der Waals surface area contributed by atoms with Crippen molar-refractivity contribution in [2.24, 2.45) is 0 Å². The number of hydrogen-bond donors (Lipinski definition) is 0. The van der Waals surface area contributed by atoms with Gasteiger partial charge in [0.2, 0.25) is 0 Å². The van der Waals surface area contributed by atoms with E-state index in [2.05, 4.69) is 14.2 Å². The van der Waals surface area contributed by atoms with E-state index in [4.69, 9.17) is 0 Å². The minimum Gasteiger partial charge on any atom is -0.340 e. The third-order valence-corrected chi connectivity index (χ3v) is 1.45. The van der Waals surface area contributed by atoms with Crippen molar-refractivity contribution in [3.63, 3.8) is 0 Å². The molecule has 0 aliphatic heterocycles. The van der Waals surface area contributed by atoms with Crippen LogP contribution in [0.1, 0.15) is 10.5 Å². The minimum absolute atomic E-state index is 0.145. The molecule has 0 aliphatic rings. The van der Waals surface area contributed by atoms with E-state index in [1.165, 1.54) is 12.4 Å². The first-order valence-electron chi connectivity index (χ1n) is 3.19. The first-order chi connectivity index (χ1) is 5.99. The van der Waals surface area contributed by atoms with E-state index in [1.54, 1.807) is 0 Å². The summed E-state index contributed by atoms with van der Waals surface area (Å²) in [4.78, 5) is 18.1. The van der Waals surface area contributed by atoms with Gasteiger partial charge in [-0.05, 0) is 0 Å². The fourth-order valence-corrected chi connectivity index (χ4v) is 0.945. The zero-order valence-corrected chi connectivity index (χ0v) is 7.48. The van der Waals surface area contributed by atoms with Crippen LogP contribution in [0.25, 0.3) is 0 Å². The van der Waals surface area contributed by atoms with Crippen molar-refractivity contribution in [1.82, 2.24) is 9.97 Å². The quantitative estimate of drug-likeness (QED) is 0.606. The molecule has 0 bridgehead atoms. The second kappa shape index (κ2) is 3.48. The highest BCUT2D eigenvalue weighted by Crippen LogP contribution is 1.97. The van der Waals surface area contributed by atoms with Gasteiger partial charge in [-0.25, -0.2) is 9.78 Å². The fraction of sp³-hybridized carbons (Fsp3) is 0.167. The molecular weight excluding hydrogens is 196 g/mol. The van der Waals surface area contributed by atoms with Gasteiger partial charge in [0, 0.05) is 12.4 Å². The van der Waals surface area contributed by atoms with Crippen LogP contribution < -0.4 is 0 Å². The summed E-state index contributed by atoms with van der Waals surface area (Å²) in [6.45, 7) is 0. The van der Waals surface area contributed by atoms with E-state index in [0.29, 0.717) is 0 Å². The van der Waals surface area contributed by atoms with Crippen LogP contribution in [0.15, 0.2) is 18.6 Å². The molecule has 1 heterocycles. The molecule has 0 atom stereocenters. The topological polar surface area (TPSA) is 86.2 Å². The summed E-state index contributed by atoms with van der Waals surface area (Å²) in [6.07, 6.45) is 4.52. The Bertz CT molecular complexity index is 400. The molecule has 0 spiro atoms. The van der Waals surface area contributed by atoms with Crippen molar-refractivity contribution in [1.29, 1.82) is 0 Å². The Balaban J connectivity index is 2.82. The van der Waals surface area contributed by atoms with E-state index >= 15 is 0 Å². The highest BCUT2D eigenvalue weighted by molar-refractivity contribution is 7.86. The molecule has 0 aromatic carbocycles. The molecule has 1 aromatic rings. The minimum atomic E-state index is -3.79. The van der Waals surface area contributed by atoms with Gasteiger partial charge in [-0.2, -0.15) is 8.42 Å². The zero-order chi connectivity index (χ0) is 9.90. The highest BCUT2D eigenvalue weighted by atomic mass is 32.2. The molecule has 1 aromatic heterocycles. The van der Waals surface area contributed by atoms with Crippen molar-refractivity contribution < 1.29 is 17.4 Å². The molecule has 0 aliphatic carbocycles. The van der Waals surface area contributed by atoms with E-state index in [-0.39, 0.29) is 5.69 Å². The van der Waals surface area contributed by atoms with E-state index in [9.17, 15) is 13.2 Å².